The van der Waals surface area contributed by atoms with Crippen LogP contribution in [0.2, 0.25) is 0 Å². The van der Waals surface area contributed by atoms with Crippen LogP contribution in [0.3, 0.4) is 0 Å². The largest absolute Gasteiger partial charge is 0.393 e. The highest BCUT2D eigenvalue weighted by Gasteiger charge is 2.55. The third kappa shape index (κ3) is 2.36. The molecule has 1 fully saturated rings. The molecule has 7 heteroatoms. The molecule has 0 bridgehead atoms. The van der Waals surface area contributed by atoms with E-state index in [4.69, 9.17) is 4.74 Å². The van der Waals surface area contributed by atoms with Crippen LogP contribution in [-0.2, 0) is 9.53 Å². The average Bonchev–Trinajstić information content (AvgIpc) is 2.62. The number of aliphatic hydroxyl groups excluding tert-OH is 1. The zero-order valence-corrected chi connectivity index (χ0v) is 10.6. The van der Waals surface area contributed by atoms with Crippen LogP contribution in [0.4, 0.5) is 4.39 Å². The molecule has 0 spiro atoms. The second kappa shape index (κ2) is 4.59. The zero-order valence-electron chi connectivity index (χ0n) is 10.6. The minimum absolute atomic E-state index is 0.0523. The zero-order chi connectivity index (χ0) is 14.3. The fraction of sp³-hybridized carbons (Fsp3) is 0.583. The molecule has 0 aliphatic carbocycles. The van der Waals surface area contributed by atoms with E-state index in [1.165, 1.54) is 24.1 Å². The maximum atomic E-state index is 13.1. The van der Waals surface area contributed by atoms with Gasteiger partial charge >= 0.3 is 0 Å². The molecule has 1 saturated heterocycles. The Morgan fingerprint density at radius 3 is 2.89 bits per heavy atom. The first-order valence-corrected chi connectivity index (χ1v) is 5.87. The molecule has 2 heterocycles. The molecule has 3 atom stereocenters. The van der Waals surface area contributed by atoms with Crippen molar-refractivity contribution in [3.63, 3.8) is 0 Å². The van der Waals surface area contributed by atoms with Gasteiger partial charge in [-0.05, 0) is 6.92 Å². The van der Waals surface area contributed by atoms with Crippen LogP contribution in [0.15, 0.2) is 24.7 Å². The summed E-state index contributed by atoms with van der Waals surface area (Å²) >= 11 is 0. The van der Waals surface area contributed by atoms with Gasteiger partial charge in [0.2, 0.25) is 0 Å². The standard InChI is InChI=1S/C12H17FN2O4/c1-8-14-9(17)3-4-15(8)10-11(2,18)5-12(6-13,7-16)19-10/h3-4,10,16,18H,1,5-7H2,2H3,(H,14,17)/t10-,11-,12-/m1/s1. The number of hydrogen-bond acceptors (Lipinski definition) is 5. The lowest BCUT2D eigenvalue weighted by Gasteiger charge is -2.36. The highest BCUT2D eigenvalue weighted by molar-refractivity contribution is 5.89. The first-order chi connectivity index (χ1) is 8.83. The van der Waals surface area contributed by atoms with Crippen LogP contribution in [-0.4, -0.2) is 51.7 Å². The van der Waals surface area contributed by atoms with Gasteiger partial charge in [0.25, 0.3) is 5.91 Å². The first-order valence-electron chi connectivity index (χ1n) is 5.87. The van der Waals surface area contributed by atoms with Gasteiger partial charge in [-0.3, -0.25) is 4.79 Å². The van der Waals surface area contributed by atoms with Gasteiger partial charge in [0.1, 0.15) is 23.7 Å². The van der Waals surface area contributed by atoms with Crippen molar-refractivity contribution >= 4 is 5.91 Å². The van der Waals surface area contributed by atoms with Gasteiger partial charge in [-0.15, -0.1) is 0 Å². The number of nitrogens with zero attached hydrogens (tertiary/aromatic N) is 1. The number of hydrogen-bond donors (Lipinski definition) is 3. The second-order valence-corrected chi connectivity index (χ2v) is 5.14. The molecule has 0 unspecified atom stereocenters. The average molecular weight is 272 g/mol. The lowest BCUT2D eigenvalue weighted by atomic mass is 9.92. The third-order valence-corrected chi connectivity index (χ3v) is 3.32. The summed E-state index contributed by atoms with van der Waals surface area (Å²) in [5.74, 6) is -0.108. The second-order valence-electron chi connectivity index (χ2n) is 5.14. The number of alkyl halides is 1. The Morgan fingerprint density at radius 1 is 1.74 bits per heavy atom. The van der Waals surface area contributed by atoms with Crippen LogP contribution >= 0.6 is 0 Å². The van der Waals surface area contributed by atoms with E-state index in [1.54, 1.807) is 0 Å². The number of rotatable bonds is 3. The summed E-state index contributed by atoms with van der Waals surface area (Å²) in [4.78, 5) is 12.6. The highest BCUT2D eigenvalue weighted by Crippen LogP contribution is 2.40. The Balaban J connectivity index is 2.27. The summed E-state index contributed by atoms with van der Waals surface area (Å²) < 4.78 is 18.6. The van der Waals surface area contributed by atoms with E-state index in [-0.39, 0.29) is 18.1 Å². The van der Waals surface area contributed by atoms with E-state index < -0.39 is 30.7 Å². The number of halogens is 1. The predicted molar refractivity (Wildman–Crippen MR) is 64.2 cm³/mol. The summed E-state index contributed by atoms with van der Waals surface area (Å²) in [6, 6.07) is 0. The number of ether oxygens (including phenoxy) is 1. The molecular formula is C12H17FN2O4. The number of carbonyl (C=O) groups excluding carboxylic acids is 1. The highest BCUT2D eigenvalue weighted by atomic mass is 19.1. The van der Waals surface area contributed by atoms with E-state index in [2.05, 4.69) is 11.9 Å². The van der Waals surface area contributed by atoms with Gasteiger partial charge in [0, 0.05) is 18.7 Å². The van der Waals surface area contributed by atoms with Gasteiger partial charge in [-0.1, -0.05) is 6.58 Å². The van der Waals surface area contributed by atoms with Crippen LogP contribution in [0, 0.1) is 0 Å². The fourth-order valence-electron chi connectivity index (χ4n) is 2.42. The number of carbonyl (C=O) groups is 1. The predicted octanol–water partition coefficient (Wildman–Crippen LogP) is -0.399. The third-order valence-electron chi connectivity index (χ3n) is 3.32. The minimum Gasteiger partial charge on any atom is -0.393 e. The van der Waals surface area contributed by atoms with Gasteiger partial charge in [-0.2, -0.15) is 0 Å². The molecule has 106 valence electrons. The van der Waals surface area contributed by atoms with Crippen LogP contribution < -0.4 is 5.32 Å². The molecule has 2 rings (SSSR count). The van der Waals surface area contributed by atoms with Crippen molar-refractivity contribution in [2.75, 3.05) is 13.3 Å². The summed E-state index contributed by atoms with van der Waals surface area (Å²) in [6.45, 7) is 3.69. The molecule has 19 heavy (non-hydrogen) atoms. The summed E-state index contributed by atoms with van der Waals surface area (Å²) in [6.07, 6.45) is 1.68. The molecular weight excluding hydrogens is 255 g/mol. The monoisotopic (exact) mass is 272 g/mol. The van der Waals surface area contributed by atoms with Crippen LogP contribution in [0.25, 0.3) is 0 Å². The Labute approximate surface area is 110 Å². The molecule has 0 aromatic heterocycles. The Hall–Kier alpha value is -1.44. The molecule has 2 aliphatic rings. The van der Waals surface area contributed by atoms with E-state index in [1.807, 2.05) is 0 Å². The van der Waals surface area contributed by atoms with Gasteiger partial charge < -0.3 is 25.2 Å². The molecule has 2 aliphatic heterocycles. The topological polar surface area (TPSA) is 82.0 Å². The molecule has 1 amide bonds. The van der Waals surface area contributed by atoms with Gasteiger partial charge in [0.05, 0.1) is 6.61 Å². The van der Waals surface area contributed by atoms with Crippen molar-refractivity contribution in [2.24, 2.45) is 0 Å². The van der Waals surface area contributed by atoms with E-state index in [9.17, 15) is 19.4 Å². The molecule has 3 N–H and O–H groups in total. The Bertz CT molecular complexity index is 431. The van der Waals surface area contributed by atoms with Gasteiger partial charge in [-0.25, -0.2) is 4.39 Å². The number of aliphatic hydroxyl groups is 2. The number of amides is 1. The molecule has 0 saturated carbocycles. The summed E-state index contributed by atoms with van der Waals surface area (Å²) in [7, 11) is 0. The Kier molecular flexibility index (Phi) is 3.38. The maximum Gasteiger partial charge on any atom is 0.250 e. The van der Waals surface area contributed by atoms with E-state index in [0.29, 0.717) is 0 Å². The quantitative estimate of drug-likeness (QED) is 0.651. The van der Waals surface area contributed by atoms with Crippen LogP contribution in [0.1, 0.15) is 13.3 Å². The summed E-state index contributed by atoms with van der Waals surface area (Å²) in [5.41, 5.74) is -2.81. The van der Waals surface area contributed by atoms with Crippen molar-refractivity contribution in [1.82, 2.24) is 10.2 Å². The van der Waals surface area contributed by atoms with E-state index >= 15 is 0 Å². The normalized spacial score (nSPS) is 38.7. The molecule has 0 radical (unpaired) electrons. The SMILES string of the molecule is C=C1NC(=O)C=CN1[C@@H]1O[C@@](CO)(CF)C[C@@]1(C)O. The van der Waals surface area contributed by atoms with Crippen molar-refractivity contribution in [2.45, 2.75) is 30.8 Å². The Morgan fingerprint density at radius 2 is 2.42 bits per heavy atom. The molecule has 0 aromatic carbocycles. The lowest BCUT2D eigenvalue weighted by Crippen LogP contribution is -2.50. The first kappa shape index (κ1) is 14.0. The molecule has 6 nitrogen and oxygen atoms in total. The lowest BCUT2D eigenvalue weighted by molar-refractivity contribution is -0.145. The smallest absolute Gasteiger partial charge is 0.250 e. The van der Waals surface area contributed by atoms with Crippen LogP contribution in [0.5, 0.6) is 0 Å². The van der Waals surface area contributed by atoms with Crippen molar-refractivity contribution in [3.05, 3.63) is 24.7 Å². The minimum atomic E-state index is -1.43. The van der Waals surface area contributed by atoms with Gasteiger partial charge in [0.15, 0.2) is 6.23 Å². The fourth-order valence-corrected chi connectivity index (χ4v) is 2.42. The maximum absolute atomic E-state index is 13.1. The summed E-state index contributed by atoms with van der Waals surface area (Å²) in [5, 5.41) is 22.1. The molecule has 0 aromatic rings. The number of nitrogens with one attached hydrogen (secondary N) is 1. The van der Waals surface area contributed by atoms with Crippen molar-refractivity contribution < 1.29 is 24.1 Å². The van der Waals surface area contributed by atoms with Crippen molar-refractivity contribution in [3.8, 4) is 0 Å². The van der Waals surface area contributed by atoms with E-state index in [0.717, 1.165) is 0 Å². The van der Waals surface area contributed by atoms with Crippen molar-refractivity contribution in [1.29, 1.82) is 0 Å².